The number of hydrogen-bond acceptors (Lipinski definition) is 4. The third-order valence-electron chi connectivity index (χ3n) is 3.26. The van der Waals surface area contributed by atoms with Crippen LogP contribution in [0.3, 0.4) is 0 Å². The number of carbonyl (C=O) groups excluding carboxylic acids is 2. The number of imide groups is 1. The number of rotatable bonds is 4. The van der Waals surface area contributed by atoms with Crippen molar-refractivity contribution in [2.75, 3.05) is 13.1 Å². The number of urea groups is 1. The van der Waals surface area contributed by atoms with Gasteiger partial charge in [0.05, 0.1) is 4.90 Å². The van der Waals surface area contributed by atoms with Gasteiger partial charge >= 0.3 is 6.03 Å². The molecule has 1 aromatic rings. The molecule has 8 heteroatoms. The molecule has 0 bridgehead atoms. The van der Waals surface area contributed by atoms with Crippen molar-refractivity contribution < 1.29 is 18.0 Å². The Hall–Kier alpha value is -1.93. The molecule has 1 aliphatic rings. The topological polar surface area (TPSA) is 110 Å². The second-order valence-corrected chi connectivity index (χ2v) is 6.38. The molecule has 3 amide bonds. The largest absolute Gasteiger partial charge is 0.337 e. The quantitative estimate of drug-likeness (QED) is 0.828. The molecule has 0 aromatic heterocycles. The first-order chi connectivity index (χ1) is 9.88. The predicted octanol–water partition coefficient (Wildman–Crippen LogP) is 0.208. The van der Waals surface area contributed by atoms with Crippen LogP contribution in [0, 0.1) is 0 Å². The van der Waals surface area contributed by atoms with E-state index in [2.05, 4.69) is 5.32 Å². The van der Waals surface area contributed by atoms with E-state index in [0.717, 1.165) is 5.56 Å². The predicted molar refractivity (Wildman–Crippen MR) is 75.9 cm³/mol. The van der Waals surface area contributed by atoms with Crippen LogP contribution in [0.2, 0.25) is 0 Å². The highest BCUT2D eigenvalue weighted by atomic mass is 32.2. The second-order valence-electron chi connectivity index (χ2n) is 4.82. The van der Waals surface area contributed by atoms with E-state index in [4.69, 9.17) is 5.14 Å². The second kappa shape index (κ2) is 6.23. The van der Waals surface area contributed by atoms with E-state index in [9.17, 15) is 18.0 Å². The first-order valence-electron chi connectivity index (χ1n) is 6.58. The zero-order valence-corrected chi connectivity index (χ0v) is 12.2. The van der Waals surface area contributed by atoms with Crippen LogP contribution in [0.4, 0.5) is 4.79 Å². The molecule has 1 aromatic carbocycles. The first kappa shape index (κ1) is 15.5. The third-order valence-corrected chi connectivity index (χ3v) is 4.19. The van der Waals surface area contributed by atoms with Crippen molar-refractivity contribution >= 4 is 22.0 Å². The number of benzene rings is 1. The molecule has 2 rings (SSSR count). The molecule has 0 aliphatic carbocycles. The molecule has 0 saturated carbocycles. The van der Waals surface area contributed by atoms with Crippen molar-refractivity contribution in [1.29, 1.82) is 0 Å². The van der Waals surface area contributed by atoms with E-state index in [-0.39, 0.29) is 16.8 Å². The summed E-state index contributed by atoms with van der Waals surface area (Å²) in [5.74, 6) is -0.148. The minimum Gasteiger partial charge on any atom is -0.337 e. The molecule has 1 fully saturated rings. The van der Waals surface area contributed by atoms with E-state index in [1.807, 2.05) is 0 Å². The van der Waals surface area contributed by atoms with Gasteiger partial charge in [-0.1, -0.05) is 12.1 Å². The van der Waals surface area contributed by atoms with Gasteiger partial charge in [-0.25, -0.2) is 18.4 Å². The highest BCUT2D eigenvalue weighted by molar-refractivity contribution is 7.89. The smallest absolute Gasteiger partial charge is 0.324 e. The van der Waals surface area contributed by atoms with Gasteiger partial charge in [0.1, 0.15) is 0 Å². The van der Waals surface area contributed by atoms with Gasteiger partial charge in [0.15, 0.2) is 0 Å². The van der Waals surface area contributed by atoms with Gasteiger partial charge in [0, 0.05) is 19.5 Å². The Morgan fingerprint density at radius 2 is 1.95 bits per heavy atom. The molecule has 1 heterocycles. The lowest BCUT2D eigenvalue weighted by molar-refractivity contribution is -0.125. The summed E-state index contributed by atoms with van der Waals surface area (Å²) in [4.78, 5) is 24.4. The van der Waals surface area contributed by atoms with Gasteiger partial charge < -0.3 is 5.32 Å². The lowest BCUT2D eigenvalue weighted by atomic mass is 10.1. The van der Waals surface area contributed by atoms with Gasteiger partial charge in [0.2, 0.25) is 15.9 Å². The summed E-state index contributed by atoms with van der Waals surface area (Å²) >= 11 is 0. The van der Waals surface area contributed by atoms with Crippen LogP contribution in [0.5, 0.6) is 0 Å². The summed E-state index contributed by atoms with van der Waals surface area (Å²) in [6, 6.07) is 5.77. The molecule has 114 valence electrons. The molecule has 21 heavy (non-hydrogen) atoms. The fourth-order valence-corrected chi connectivity index (χ4v) is 2.63. The van der Waals surface area contributed by atoms with Crippen LogP contribution in [-0.4, -0.2) is 38.3 Å². The summed E-state index contributed by atoms with van der Waals surface area (Å²) in [6.45, 7) is 0.838. The highest BCUT2D eigenvalue weighted by Gasteiger charge is 2.25. The van der Waals surface area contributed by atoms with Crippen molar-refractivity contribution in [2.45, 2.75) is 24.2 Å². The summed E-state index contributed by atoms with van der Waals surface area (Å²) in [6.07, 6.45) is 1.67. The Balaban J connectivity index is 1.83. The number of likely N-dealkylation sites (tertiary alicyclic amines) is 1. The normalized spacial score (nSPS) is 15.3. The molecule has 1 saturated heterocycles. The minimum absolute atomic E-state index is 0.0537. The molecule has 3 N–H and O–H groups in total. The monoisotopic (exact) mass is 311 g/mol. The first-order valence-corrected chi connectivity index (χ1v) is 8.12. The van der Waals surface area contributed by atoms with E-state index >= 15 is 0 Å². The van der Waals surface area contributed by atoms with Gasteiger partial charge in [-0.3, -0.25) is 9.69 Å². The van der Waals surface area contributed by atoms with Crippen LogP contribution in [0.15, 0.2) is 29.2 Å². The lowest BCUT2D eigenvalue weighted by Crippen LogP contribution is -2.41. The van der Waals surface area contributed by atoms with Crippen molar-refractivity contribution in [1.82, 2.24) is 10.2 Å². The molecule has 0 atom stereocenters. The van der Waals surface area contributed by atoms with Crippen molar-refractivity contribution in [3.8, 4) is 0 Å². The van der Waals surface area contributed by atoms with Crippen molar-refractivity contribution in [2.24, 2.45) is 5.14 Å². The van der Waals surface area contributed by atoms with Crippen molar-refractivity contribution in [3.63, 3.8) is 0 Å². The van der Waals surface area contributed by atoms with Gasteiger partial charge in [0.25, 0.3) is 0 Å². The lowest BCUT2D eigenvalue weighted by Gasteiger charge is -2.14. The summed E-state index contributed by atoms with van der Waals surface area (Å²) in [5.41, 5.74) is 0.871. The van der Waals surface area contributed by atoms with E-state index in [1.165, 1.54) is 17.0 Å². The van der Waals surface area contributed by atoms with Crippen LogP contribution in [0.25, 0.3) is 0 Å². The highest BCUT2D eigenvalue weighted by Crippen LogP contribution is 2.10. The number of nitrogens with one attached hydrogen (secondary N) is 1. The zero-order valence-electron chi connectivity index (χ0n) is 11.4. The van der Waals surface area contributed by atoms with Crippen LogP contribution < -0.4 is 10.5 Å². The maximum Gasteiger partial charge on any atom is 0.324 e. The number of carbonyl (C=O) groups is 2. The number of nitrogens with zero attached hydrogens (tertiary/aromatic N) is 1. The Morgan fingerprint density at radius 1 is 1.29 bits per heavy atom. The third kappa shape index (κ3) is 4.02. The van der Waals surface area contributed by atoms with E-state index < -0.39 is 10.0 Å². The Kier molecular flexibility index (Phi) is 4.59. The molecule has 1 aliphatic heterocycles. The number of nitrogens with two attached hydrogens (primary N) is 1. The Bertz CT molecular complexity index is 640. The molecular formula is C13H17N3O4S. The Morgan fingerprint density at radius 3 is 2.48 bits per heavy atom. The maximum atomic E-state index is 11.7. The van der Waals surface area contributed by atoms with E-state index in [0.29, 0.717) is 32.4 Å². The number of sulfonamides is 1. The van der Waals surface area contributed by atoms with Crippen molar-refractivity contribution in [3.05, 3.63) is 29.8 Å². The average Bonchev–Trinajstić information content (AvgIpc) is 2.84. The van der Waals surface area contributed by atoms with Crippen LogP contribution >= 0.6 is 0 Å². The number of hydrogen-bond donors (Lipinski definition) is 2. The number of amides is 3. The van der Waals surface area contributed by atoms with Gasteiger partial charge in [-0.05, 0) is 30.5 Å². The van der Waals surface area contributed by atoms with Crippen LogP contribution in [-0.2, 0) is 21.2 Å². The number of primary sulfonamides is 1. The zero-order chi connectivity index (χ0) is 15.5. The van der Waals surface area contributed by atoms with E-state index in [1.54, 1.807) is 12.1 Å². The fourth-order valence-electron chi connectivity index (χ4n) is 2.12. The molecule has 0 radical (unpaired) electrons. The molecule has 0 spiro atoms. The molecular weight excluding hydrogens is 294 g/mol. The molecule has 0 unspecified atom stereocenters. The van der Waals surface area contributed by atoms with Gasteiger partial charge in [-0.15, -0.1) is 0 Å². The Labute approximate surface area is 123 Å². The SMILES string of the molecule is NS(=O)(=O)c1ccc(CCNC(=O)N2CCCC2=O)cc1. The maximum absolute atomic E-state index is 11.7. The summed E-state index contributed by atoms with van der Waals surface area (Å²) < 4.78 is 22.2. The standard InChI is InChI=1S/C13H17N3O4S/c14-21(19,20)11-5-3-10(4-6-11)7-8-15-13(18)16-9-1-2-12(16)17/h3-6H,1-2,7-9H2,(H,15,18)(H2,14,19,20). The molecule has 7 nitrogen and oxygen atoms in total. The summed E-state index contributed by atoms with van der Waals surface area (Å²) in [5, 5.41) is 7.68. The summed E-state index contributed by atoms with van der Waals surface area (Å²) in [7, 11) is -3.68. The van der Waals surface area contributed by atoms with Crippen LogP contribution in [0.1, 0.15) is 18.4 Å². The van der Waals surface area contributed by atoms with Gasteiger partial charge in [-0.2, -0.15) is 0 Å². The fraction of sp³-hybridized carbons (Fsp3) is 0.385. The average molecular weight is 311 g/mol. The minimum atomic E-state index is -3.68.